The molecule has 2 fully saturated rings. The van der Waals surface area contributed by atoms with Gasteiger partial charge in [-0.3, -0.25) is 4.99 Å². The molecule has 0 amide bonds. The number of aromatic nitrogens is 1. The van der Waals surface area contributed by atoms with Gasteiger partial charge in [-0.05, 0) is 56.2 Å². The van der Waals surface area contributed by atoms with Gasteiger partial charge in [0.1, 0.15) is 5.82 Å². The highest BCUT2D eigenvalue weighted by Gasteiger charge is 2.37. The van der Waals surface area contributed by atoms with Crippen LogP contribution in [0.25, 0.3) is 0 Å². The minimum Gasteiger partial charge on any atom is -0.356 e. The molecule has 6 heteroatoms. The number of aryl methyl sites for hydroxylation is 1. The molecule has 0 radical (unpaired) electrons. The number of hydrogen-bond acceptors (Lipinski definition) is 3. The topological polar surface area (TPSA) is 52.6 Å². The van der Waals surface area contributed by atoms with Gasteiger partial charge in [0, 0.05) is 37.9 Å². The van der Waals surface area contributed by atoms with Crippen LogP contribution in [-0.2, 0) is 6.42 Å². The summed E-state index contributed by atoms with van der Waals surface area (Å²) in [6, 6.07) is 18.0. The lowest BCUT2D eigenvalue weighted by atomic mass is 10.1. The molecule has 2 N–H and O–H groups in total. The molecule has 0 bridgehead atoms. The van der Waals surface area contributed by atoms with Gasteiger partial charge in [-0.15, -0.1) is 24.0 Å². The van der Waals surface area contributed by atoms with Crippen LogP contribution >= 0.6 is 24.0 Å². The molecule has 2 heterocycles. The first kappa shape index (κ1) is 21.9. The van der Waals surface area contributed by atoms with E-state index in [0.717, 1.165) is 55.7 Å². The van der Waals surface area contributed by atoms with Crippen LogP contribution in [0.1, 0.15) is 30.5 Å². The Labute approximate surface area is 191 Å². The van der Waals surface area contributed by atoms with Crippen LogP contribution in [0.15, 0.2) is 53.5 Å². The lowest BCUT2D eigenvalue weighted by Crippen LogP contribution is -2.49. The van der Waals surface area contributed by atoms with Gasteiger partial charge >= 0.3 is 0 Å². The predicted octanol–water partition coefficient (Wildman–Crippen LogP) is 3.77. The molecule has 1 aliphatic heterocycles. The molecule has 1 aromatic carbocycles. The first-order valence-electron chi connectivity index (χ1n) is 10.4. The van der Waals surface area contributed by atoms with Gasteiger partial charge in [-0.1, -0.05) is 36.4 Å². The van der Waals surface area contributed by atoms with E-state index in [1.807, 2.05) is 7.05 Å². The van der Waals surface area contributed by atoms with Crippen molar-refractivity contribution in [1.29, 1.82) is 0 Å². The van der Waals surface area contributed by atoms with Crippen molar-refractivity contribution < 1.29 is 0 Å². The Kier molecular flexibility index (Phi) is 7.75. The van der Waals surface area contributed by atoms with E-state index in [1.54, 1.807) is 0 Å². The van der Waals surface area contributed by atoms with Crippen molar-refractivity contribution in [2.24, 2.45) is 10.9 Å². The Hall–Kier alpha value is -1.83. The summed E-state index contributed by atoms with van der Waals surface area (Å²) in [6.07, 6.45) is 4.59. The lowest BCUT2D eigenvalue weighted by molar-refractivity contribution is 0.459. The maximum atomic E-state index is 4.66. The molecule has 0 spiro atoms. The van der Waals surface area contributed by atoms with Crippen LogP contribution in [-0.4, -0.2) is 43.2 Å². The quantitative estimate of drug-likeness (QED) is 0.369. The Morgan fingerprint density at radius 1 is 1.07 bits per heavy atom. The summed E-state index contributed by atoms with van der Waals surface area (Å²) in [5, 5.41) is 7.26. The van der Waals surface area contributed by atoms with E-state index in [9.17, 15) is 0 Å². The van der Waals surface area contributed by atoms with Crippen molar-refractivity contribution in [3.05, 3.63) is 59.8 Å². The first-order valence-corrected chi connectivity index (χ1v) is 10.4. The molecule has 2 aromatic rings. The molecule has 2 atom stereocenters. The van der Waals surface area contributed by atoms with Crippen molar-refractivity contribution in [3.63, 3.8) is 0 Å². The minimum atomic E-state index is 0. The van der Waals surface area contributed by atoms with Crippen molar-refractivity contribution in [2.75, 3.05) is 25.0 Å². The fourth-order valence-electron chi connectivity index (χ4n) is 4.06. The van der Waals surface area contributed by atoms with Crippen molar-refractivity contribution in [2.45, 2.75) is 44.7 Å². The number of nitrogens with zero attached hydrogens (tertiary/aromatic N) is 3. The van der Waals surface area contributed by atoms with Gasteiger partial charge in [-0.2, -0.15) is 0 Å². The van der Waals surface area contributed by atoms with Gasteiger partial charge in [0.2, 0.25) is 0 Å². The second-order valence-corrected chi connectivity index (χ2v) is 8.05. The number of pyridine rings is 1. The Morgan fingerprint density at radius 2 is 1.83 bits per heavy atom. The van der Waals surface area contributed by atoms with Crippen molar-refractivity contribution >= 4 is 35.8 Å². The van der Waals surface area contributed by atoms with Crippen molar-refractivity contribution in [1.82, 2.24) is 15.6 Å². The number of nitrogens with one attached hydrogen (secondary N) is 2. The van der Waals surface area contributed by atoms with E-state index in [0.29, 0.717) is 12.1 Å². The number of guanidine groups is 1. The average Bonchev–Trinajstić information content (AvgIpc) is 3.46. The third kappa shape index (κ3) is 6.07. The van der Waals surface area contributed by atoms with Crippen LogP contribution in [0.4, 0.5) is 5.82 Å². The minimum absolute atomic E-state index is 0. The molecule has 2 aliphatic rings. The monoisotopic (exact) mass is 505 g/mol. The normalized spacial score (nSPS) is 22.0. The standard InChI is InChI=1S/C23H31N5.HI/c1-17-7-6-10-22(25-17)28-13-11-20(12-14-28)26-23(24-2)27-21-16-19(21)15-18-8-4-3-5-9-18;/h3-10,19-21H,11-16H2,1-2H3,(H2,24,26,27);1H. The number of rotatable bonds is 5. The summed E-state index contributed by atoms with van der Waals surface area (Å²) in [7, 11) is 1.87. The zero-order valence-electron chi connectivity index (χ0n) is 17.3. The van der Waals surface area contributed by atoms with Crippen LogP contribution in [0.5, 0.6) is 0 Å². The SMILES string of the molecule is CN=C(NC1CCN(c2cccc(C)n2)CC1)NC1CC1Cc1ccccc1.I. The zero-order chi connectivity index (χ0) is 19.3. The molecule has 156 valence electrons. The van der Waals surface area contributed by atoms with Gasteiger partial charge in [0.25, 0.3) is 0 Å². The number of anilines is 1. The van der Waals surface area contributed by atoms with Gasteiger partial charge in [0.05, 0.1) is 0 Å². The number of halogens is 1. The Balaban J connectivity index is 0.00000240. The summed E-state index contributed by atoms with van der Waals surface area (Å²) < 4.78 is 0. The summed E-state index contributed by atoms with van der Waals surface area (Å²) in [5.41, 5.74) is 2.51. The summed E-state index contributed by atoms with van der Waals surface area (Å²) in [6.45, 7) is 4.12. The highest BCUT2D eigenvalue weighted by molar-refractivity contribution is 14.0. The van der Waals surface area contributed by atoms with Crippen LogP contribution in [0, 0.1) is 12.8 Å². The van der Waals surface area contributed by atoms with E-state index in [2.05, 4.69) is 81.0 Å². The molecule has 4 rings (SSSR count). The molecule has 29 heavy (non-hydrogen) atoms. The molecule has 1 saturated heterocycles. The highest BCUT2D eigenvalue weighted by atomic mass is 127. The van der Waals surface area contributed by atoms with E-state index >= 15 is 0 Å². The lowest BCUT2D eigenvalue weighted by Gasteiger charge is -2.34. The smallest absolute Gasteiger partial charge is 0.191 e. The maximum absolute atomic E-state index is 4.66. The van der Waals surface area contributed by atoms with E-state index < -0.39 is 0 Å². The molecule has 1 aliphatic carbocycles. The number of hydrogen-bond donors (Lipinski definition) is 2. The predicted molar refractivity (Wildman–Crippen MR) is 131 cm³/mol. The summed E-state index contributed by atoms with van der Waals surface area (Å²) >= 11 is 0. The molecule has 5 nitrogen and oxygen atoms in total. The summed E-state index contributed by atoms with van der Waals surface area (Å²) in [5.74, 6) is 2.77. The van der Waals surface area contributed by atoms with Crippen molar-refractivity contribution in [3.8, 4) is 0 Å². The second kappa shape index (κ2) is 10.3. The number of aliphatic imine (C=N–C) groups is 1. The number of benzene rings is 1. The Morgan fingerprint density at radius 3 is 2.52 bits per heavy atom. The van der Waals surface area contributed by atoms with Crippen LogP contribution in [0.3, 0.4) is 0 Å². The maximum Gasteiger partial charge on any atom is 0.191 e. The first-order chi connectivity index (χ1) is 13.7. The fourth-order valence-corrected chi connectivity index (χ4v) is 4.06. The van der Waals surface area contributed by atoms with Gasteiger partial charge in [0.15, 0.2) is 5.96 Å². The van der Waals surface area contributed by atoms with Crippen LogP contribution in [0.2, 0.25) is 0 Å². The van der Waals surface area contributed by atoms with E-state index in [-0.39, 0.29) is 24.0 Å². The average molecular weight is 505 g/mol. The van der Waals surface area contributed by atoms with Gasteiger partial charge < -0.3 is 15.5 Å². The van der Waals surface area contributed by atoms with E-state index in [1.165, 1.54) is 12.0 Å². The molecular formula is C23H32IN5. The zero-order valence-corrected chi connectivity index (χ0v) is 19.7. The fraction of sp³-hybridized carbons (Fsp3) is 0.478. The summed E-state index contributed by atoms with van der Waals surface area (Å²) in [4.78, 5) is 11.5. The second-order valence-electron chi connectivity index (χ2n) is 8.05. The molecule has 1 saturated carbocycles. The Bertz CT molecular complexity index is 802. The third-order valence-electron chi connectivity index (χ3n) is 5.84. The number of piperidine rings is 1. The van der Waals surface area contributed by atoms with Gasteiger partial charge in [-0.25, -0.2) is 4.98 Å². The molecule has 1 aromatic heterocycles. The highest BCUT2D eigenvalue weighted by Crippen LogP contribution is 2.33. The third-order valence-corrected chi connectivity index (χ3v) is 5.84. The van der Waals surface area contributed by atoms with Crippen LogP contribution < -0.4 is 15.5 Å². The van der Waals surface area contributed by atoms with E-state index in [4.69, 9.17) is 0 Å². The largest absolute Gasteiger partial charge is 0.356 e. The molecule has 2 unspecified atom stereocenters. The molecular weight excluding hydrogens is 473 g/mol.